The van der Waals surface area contributed by atoms with Crippen LogP contribution in [0, 0.1) is 24.3 Å². The predicted molar refractivity (Wildman–Crippen MR) is 339 cm³/mol. The van der Waals surface area contributed by atoms with Gasteiger partial charge in [0.15, 0.2) is 0 Å². The van der Waals surface area contributed by atoms with Crippen LogP contribution in [0.1, 0.15) is 49.9 Å². The number of fused-ring (bicyclic) bond motifs is 6. The Bertz CT molecular complexity index is 4560. The second-order valence-corrected chi connectivity index (χ2v) is 22.7. The minimum atomic E-state index is -0.0159. The van der Waals surface area contributed by atoms with Gasteiger partial charge in [-0.05, 0) is 69.3 Å². The van der Waals surface area contributed by atoms with Crippen molar-refractivity contribution in [1.29, 1.82) is 0 Å². The predicted octanol–water partition coefficient (Wildman–Crippen LogP) is 14.2. The molecule has 6 heterocycles. The summed E-state index contributed by atoms with van der Waals surface area (Å²) in [6.45, 7) is 9.05. The summed E-state index contributed by atoms with van der Waals surface area (Å²) in [4.78, 5) is 16.1. The quantitative estimate of drug-likeness (QED) is 0.133. The summed E-state index contributed by atoms with van der Waals surface area (Å²) in [5.74, 6) is 2.57. The minimum Gasteiger partial charge on any atom is -0.265 e. The molecule has 0 spiro atoms. The van der Waals surface area contributed by atoms with Gasteiger partial charge in [-0.3, -0.25) is 19.6 Å². The Balaban J connectivity index is 0.000000142. The number of para-hydroxylation sites is 1. The molecule has 0 fully saturated rings. The summed E-state index contributed by atoms with van der Waals surface area (Å²) in [6.07, 6.45) is 5.22. The molecular formula is C71H55Ir3N15PtS-4. The smallest absolute Gasteiger partial charge is 0.139 e. The second-order valence-electron chi connectivity index (χ2n) is 21.8. The number of thiophene rings is 1. The summed E-state index contributed by atoms with van der Waals surface area (Å²) in [6, 6.07) is 80.4. The number of pyridine rings is 1. The van der Waals surface area contributed by atoms with Gasteiger partial charge in [0.25, 0.3) is 0 Å². The molecule has 0 N–H and O–H groups in total. The molecule has 15 nitrogen and oxygen atoms in total. The third-order valence-corrected chi connectivity index (χ3v) is 16.2. The molecule has 2 aliphatic rings. The number of nitrogens with zero attached hydrogens (tertiary/aromatic N) is 15. The Labute approximate surface area is 586 Å². The van der Waals surface area contributed by atoms with Crippen LogP contribution in [0.2, 0.25) is 0 Å². The van der Waals surface area contributed by atoms with E-state index in [1.807, 2.05) is 122 Å². The average molecular weight is 1920 g/mol. The first-order valence-corrected chi connectivity index (χ1v) is 29.1. The van der Waals surface area contributed by atoms with Gasteiger partial charge in [0.05, 0.1) is 30.1 Å². The van der Waals surface area contributed by atoms with Gasteiger partial charge in [0, 0.05) is 94.6 Å². The van der Waals surface area contributed by atoms with Crippen molar-refractivity contribution in [3.05, 3.63) is 271 Å². The van der Waals surface area contributed by atoms with Gasteiger partial charge in [-0.15, -0.1) is 140 Å². The SMILES string of the molecule is Cn1cnc(-c2[c-]cc3c(c2)C(C)(C)c2ccccc2-3)n1.Cn1nnc(-c2[c-]cc3c(c2)C(C)(C)c2ccccc2-3)n1.[Ir].[Ir].[Ir].[Pt].[c-]1ccc(-c2ccccc2)cc1-c1ncn(-c2ccccc2)n1.[c-]1ccc(-c2ccccn2)cc1-c1nnn(-c2cccs2)n1. The van der Waals surface area contributed by atoms with Crippen LogP contribution in [0.15, 0.2) is 224 Å². The van der Waals surface area contributed by atoms with Gasteiger partial charge in [0.1, 0.15) is 29.3 Å². The van der Waals surface area contributed by atoms with E-state index in [1.165, 1.54) is 59.7 Å². The maximum Gasteiger partial charge on any atom is 0.139 e. The molecule has 6 aromatic heterocycles. The van der Waals surface area contributed by atoms with Gasteiger partial charge in [-0.25, -0.2) is 9.78 Å². The Kier molecular flexibility index (Phi) is 21.6. The minimum absolute atomic E-state index is 0. The van der Waals surface area contributed by atoms with Crippen LogP contribution in [-0.2, 0) is 106 Å². The second kappa shape index (κ2) is 29.3. The van der Waals surface area contributed by atoms with E-state index in [4.69, 9.17) is 0 Å². The monoisotopic (exact) mass is 1920 g/mol. The zero-order valence-electron chi connectivity index (χ0n) is 49.8. The number of hydrogen-bond acceptors (Lipinski definition) is 12. The Morgan fingerprint density at radius 1 is 0.429 bits per heavy atom. The van der Waals surface area contributed by atoms with Crippen LogP contribution < -0.4 is 0 Å². The van der Waals surface area contributed by atoms with Crippen molar-refractivity contribution in [1.82, 2.24) is 74.9 Å². The van der Waals surface area contributed by atoms with Crippen LogP contribution in [0.4, 0.5) is 0 Å². The summed E-state index contributed by atoms with van der Waals surface area (Å²) in [5.41, 5.74) is 19.2. The van der Waals surface area contributed by atoms with Gasteiger partial charge in [0.2, 0.25) is 0 Å². The maximum absolute atomic E-state index is 4.56. The van der Waals surface area contributed by atoms with Crippen LogP contribution in [0.25, 0.3) is 101 Å². The molecule has 0 saturated carbocycles. The van der Waals surface area contributed by atoms with Crippen LogP contribution in [-0.4, -0.2) is 74.9 Å². The van der Waals surface area contributed by atoms with Gasteiger partial charge >= 0.3 is 0 Å². The molecule has 461 valence electrons. The number of hydrogen-bond donors (Lipinski definition) is 0. The molecule has 0 saturated heterocycles. The molecule has 0 atom stereocenters. The normalized spacial score (nSPS) is 12.1. The molecule has 14 aromatic rings. The summed E-state index contributed by atoms with van der Waals surface area (Å²) in [5, 5.41) is 36.7. The van der Waals surface area contributed by atoms with Crippen LogP contribution in [0.3, 0.4) is 0 Å². The zero-order valence-corrected chi connectivity index (χ0v) is 60.1. The molecule has 8 aromatic carbocycles. The third kappa shape index (κ3) is 14.3. The van der Waals surface area contributed by atoms with E-state index in [0.717, 1.165) is 55.6 Å². The first-order valence-electron chi connectivity index (χ1n) is 28.2. The molecule has 20 heteroatoms. The largest absolute Gasteiger partial charge is 0.265 e. The zero-order chi connectivity index (χ0) is 59.5. The van der Waals surface area contributed by atoms with Crippen LogP contribution >= 0.6 is 11.3 Å². The molecular weight excluding hydrogens is 1870 g/mol. The molecule has 3 radical (unpaired) electrons. The van der Waals surface area contributed by atoms with E-state index in [-0.39, 0.29) is 92.2 Å². The number of rotatable bonds is 8. The van der Waals surface area contributed by atoms with Crippen molar-refractivity contribution >= 4 is 11.3 Å². The molecule has 0 aliphatic heterocycles. The number of aromatic nitrogens is 15. The molecule has 16 rings (SSSR count). The standard InChI is InChI=1S/C20H14N3.C18H16N3.C17H15N4.C16H10N5S.3Ir.Pt/c1-3-8-16(9-4-1)17-10-7-11-18(14-17)20-21-15-23(22-20)19-12-5-2-6-13-19;1-18(2)15-7-5-4-6-13(15)14-9-8-12(10-16(14)18)17-19-11-21(3)20-17;1-17(2)14-7-5-4-6-12(14)13-9-8-11(10-15(13)17)16-18-20-21(3)19-16;1-2-9-17-14(7-1)12-5-3-6-13(11-12)16-18-20-21(19-16)15-8-4-10-22-15;;;;/h1-10,12-15H;4-7,9-11H,1-3H3;4-7,9-10H,1-3H3;1-5,7-11H;;;;/q4*-1;;;;. The summed E-state index contributed by atoms with van der Waals surface area (Å²) < 4.78 is 3.49. The van der Waals surface area contributed by atoms with E-state index >= 15 is 0 Å². The molecule has 0 bridgehead atoms. The topological polar surface area (TPSA) is 162 Å². The van der Waals surface area contributed by atoms with E-state index in [0.29, 0.717) is 17.5 Å². The first-order chi connectivity index (χ1) is 42.4. The summed E-state index contributed by atoms with van der Waals surface area (Å²) in [7, 11) is 3.65. The fourth-order valence-corrected chi connectivity index (χ4v) is 11.6. The molecule has 0 unspecified atom stereocenters. The molecule has 2 aliphatic carbocycles. The Morgan fingerprint density at radius 3 is 1.56 bits per heavy atom. The summed E-state index contributed by atoms with van der Waals surface area (Å²) >= 11 is 1.56. The fourth-order valence-electron chi connectivity index (χ4n) is 11.0. The third-order valence-electron chi connectivity index (χ3n) is 15.4. The molecule has 91 heavy (non-hydrogen) atoms. The van der Waals surface area contributed by atoms with Crippen molar-refractivity contribution in [3.8, 4) is 101 Å². The molecule has 0 amide bonds. The van der Waals surface area contributed by atoms with E-state index < -0.39 is 0 Å². The Morgan fingerprint density at radius 2 is 0.967 bits per heavy atom. The van der Waals surface area contributed by atoms with E-state index in [9.17, 15) is 0 Å². The van der Waals surface area contributed by atoms with Crippen molar-refractivity contribution in [2.24, 2.45) is 14.1 Å². The average Bonchev–Trinajstić information content (AvgIpc) is 1.60. The first kappa shape index (κ1) is 67.1. The van der Waals surface area contributed by atoms with Crippen LogP contribution in [0.5, 0.6) is 0 Å². The van der Waals surface area contributed by atoms with Crippen molar-refractivity contribution in [3.63, 3.8) is 0 Å². The number of aryl methyl sites for hydroxylation is 2. The van der Waals surface area contributed by atoms with Gasteiger partial charge in [-0.1, -0.05) is 169 Å². The van der Waals surface area contributed by atoms with Crippen molar-refractivity contribution < 1.29 is 81.4 Å². The van der Waals surface area contributed by atoms with Gasteiger partial charge in [-0.2, -0.15) is 30.3 Å². The van der Waals surface area contributed by atoms with Crippen molar-refractivity contribution in [2.45, 2.75) is 38.5 Å². The number of benzene rings is 8. The maximum atomic E-state index is 4.56. The fraction of sp³-hybridized carbons (Fsp3) is 0.113. The van der Waals surface area contributed by atoms with E-state index in [2.05, 4.69) is 199 Å². The number of tetrazole rings is 2. The van der Waals surface area contributed by atoms with Gasteiger partial charge < -0.3 is 0 Å². The van der Waals surface area contributed by atoms with Crippen molar-refractivity contribution in [2.75, 3.05) is 0 Å². The van der Waals surface area contributed by atoms with E-state index in [1.54, 1.807) is 46.6 Å². The Hall–Kier alpha value is -8.33.